The largest absolute Gasteiger partial charge is 0.490 e. The van der Waals surface area contributed by atoms with Crippen molar-refractivity contribution in [1.82, 2.24) is 5.32 Å². The summed E-state index contributed by atoms with van der Waals surface area (Å²) in [4.78, 5) is 12.1. The number of amides is 1. The van der Waals surface area contributed by atoms with Crippen LogP contribution in [0.2, 0.25) is 0 Å². The smallest absolute Gasteiger partial charge is 0.221 e. The Balaban J connectivity index is 1.83. The highest BCUT2D eigenvalue weighted by molar-refractivity contribution is 5.76. The zero-order chi connectivity index (χ0) is 18.8. The van der Waals surface area contributed by atoms with Gasteiger partial charge >= 0.3 is 0 Å². The van der Waals surface area contributed by atoms with Gasteiger partial charge in [-0.2, -0.15) is 0 Å². The van der Waals surface area contributed by atoms with Gasteiger partial charge in [0.2, 0.25) is 5.91 Å². The maximum atomic E-state index is 12.1. The second kappa shape index (κ2) is 10.5. The monoisotopic (exact) mass is 356 g/mol. The summed E-state index contributed by atoms with van der Waals surface area (Å²) in [6, 6.07) is 15.3. The molecule has 2 rings (SSSR count). The summed E-state index contributed by atoms with van der Waals surface area (Å²) in [7, 11) is 0. The highest BCUT2D eigenvalue weighted by Gasteiger charge is 2.11. The third-order valence-electron chi connectivity index (χ3n) is 3.98. The Kier molecular flexibility index (Phi) is 7.96. The van der Waals surface area contributed by atoms with Gasteiger partial charge in [-0.05, 0) is 43.5 Å². The van der Waals surface area contributed by atoms with Crippen molar-refractivity contribution in [3.8, 4) is 11.5 Å². The van der Waals surface area contributed by atoms with Crippen molar-refractivity contribution in [2.45, 2.75) is 32.7 Å². The second-order valence-corrected chi connectivity index (χ2v) is 5.97. The van der Waals surface area contributed by atoms with Crippen LogP contribution in [0.5, 0.6) is 11.5 Å². The number of ether oxygens (including phenoxy) is 2. The number of carbonyl (C=O) groups excluding carboxylic acids is 1. The minimum atomic E-state index is -0.286. The molecule has 26 heavy (non-hydrogen) atoms. The Hall–Kier alpha value is -2.53. The zero-order valence-electron chi connectivity index (χ0n) is 15.5. The van der Waals surface area contributed by atoms with Crippen LogP contribution in [0.25, 0.3) is 0 Å². The van der Waals surface area contributed by atoms with Crippen LogP contribution in [0.1, 0.15) is 37.4 Å². The topological polar surface area (TPSA) is 73.6 Å². The molecule has 0 aromatic heterocycles. The number of hydrogen-bond acceptors (Lipinski definition) is 4. The molecule has 0 fully saturated rings. The summed E-state index contributed by atoms with van der Waals surface area (Å²) < 4.78 is 11.2. The lowest BCUT2D eigenvalue weighted by Crippen LogP contribution is -2.29. The van der Waals surface area contributed by atoms with E-state index in [1.165, 1.54) is 0 Å². The van der Waals surface area contributed by atoms with Gasteiger partial charge in [0, 0.05) is 19.0 Å². The Morgan fingerprint density at radius 1 is 1.04 bits per heavy atom. The lowest BCUT2D eigenvalue weighted by molar-refractivity contribution is -0.121. The SMILES string of the molecule is CCOc1ccc(CCNC(=O)CC(N)c2ccccc2)cc1OCC. The molecule has 0 aliphatic heterocycles. The molecule has 0 aliphatic rings. The normalized spacial score (nSPS) is 11.7. The van der Waals surface area contributed by atoms with E-state index >= 15 is 0 Å². The zero-order valence-corrected chi connectivity index (χ0v) is 15.5. The van der Waals surface area contributed by atoms with Gasteiger partial charge in [-0.25, -0.2) is 0 Å². The lowest BCUT2D eigenvalue weighted by atomic mass is 10.0. The van der Waals surface area contributed by atoms with Gasteiger partial charge in [-0.1, -0.05) is 36.4 Å². The van der Waals surface area contributed by atoms with Crippen molar-refractivity contribution >= 4 is 5.91 Å². The van der Waals surface area contributed by atoms with Crippen LogP contribution in [0, 0.1) is 0 Å². The van der Waals surface area contributed by atoms with Crippen LogP contribution in [0.3, 0.4) is 0 Å². The predicted molar refractivity (Wildman–Crippen MR) is 103 cm³/mol. The fourth-order valence-corrected chi connectivity index (χ4v) is 2.69. The van der Waals surface area contributed by atoms with Crippen LogP contribution in [-0.4, -0.2) is 25.7 Å². The Bertz CT molecular complexity index is 689. The predicted octanol–water partition coefficient (Wildman–Crippen LogP) is 3.23. The van der Waals surface area contributed by atoms with Crippen LogP contribution in [-0.2, 0) is 11.2 Å². The van der Waals surface area contributed by atoms with E-state index < -0.39 is 0 Å². The van der Waals surface area contributed by atoms with Crippen LogP contribution in [0.15, 0.2) is 48.5 Å². The molecule has 0 saturated heterocycles. The van der Waals surface area contributed by atoms with Gasteiger partial charge in [0.1, 0.15) is 0 Å². The minimum absolute atomic E-state index is 0.0441. The van der Waals surface area contributed by atoms with Crippen molar-refractivity contribution in [2.75, 3.05) is 19.8 Å². The molecule has 5 heteroatoms. The Morgan fingerprint density at radius 3 is 2.42 bits per heavy atom. The van der Waals surface area contributed by atoms with Crippen molar-refractivity contribution in [2.24, 2.45) is 5.73 Å². The summed E-state index contributed by atoms with van der Waals surface area (Å²) in [5, 5.41) is 2.93. The van der Waals surface area contributed by atoms with Gasteiger partial charge < -0.3 is 20.5 Å². The number of carbonyl (C=O) groups is 1. The highest BCUT2D eigenvalue weighted by atomic mass is 16.5. The average molecular weight is 356 g/mol. The number of nitrogens with two attached hydrogens (primary N) is 1. The molecule has 0 aliphatic carbocycles. The Labute approximate surface area is 155 Å². The first kappa shape index (κ1) is 19.8. The molecule has 0 saturated carbocycles. The van der Waals surface area contributed by atoms with Crippen molar-refractivity contribution in [3.05, 3.63) is 59.7 Å². The third kappa shape index (κ3) is 6.08. The fraction of sp³-hybridized carbons (Fsp3) is 0.381. The standard InChI is InChI=1S/C21H28N2O3/c1-3-25-19-11-10-16(14-20(19)26-4-2)12-13-23-21(24)15-18(22)17-8-6-5-7-9-17/h5-11,14,18H,3-4,12-13,15,22H2,1-2H3,(H,23,24). The van der Waals surface area contributed by atoms with Crippen molar-refractivity contribution in [1.29, 1.82) is 0 Å². The van der Waals surface area contributed by atoms with Gasteiger partial charge in [0.25, 0.3) is 0 Å². The molecule has 0 heterocycles. The van der Waals surface area contributed by atoms with E-state index in [1.54, 1.807) is 0 Å². The van der Waals surface area contributed by atoms with E-state index in [1.807, 2.05) is 62.4 Å². The summed E-state index contributed by atoms with van der Waals surface area (Å²) in [5.41, 5.74) is 8.14. The number of benzene rings is 2. The maximum Gasteiger partial charge on any atom is 0.221 e. The Morgan fingerprint density at radius 2 is 1.73 bits per heavy atom. The first-order valence-corrected chi connectivity index (χ1v) is 9.09. The molecular weight excluding hydrogens is 328 g/mol. The second-order valence-electron chi connectivity index (χ2n) is 5.97. The fourth-order valence-electron chi connectivity index (χ4n) is 2.69. The van der Waals surface area contributed by atoms with E-state index in [0.717, 1.165) is 29.0 Å². The quantitative estimate of drug-likeness (QED) is 0.685. The lowest BCUT2D eigenvalue weighted by Gasteiger charge is -2.14. The minimum Gasteiger partial charge on any atom is -0.490 e. The van der Waals surface area contributed by atoms with Crippen molar-refractivity contribution < 1.29 is 14.3 Å². The summed E-state index contributed by atoms with van der Waals surface area (Å²) in [6.07, 6.45) is 0.996. The van der Waals surface area contributed by atoms with E-state index in [4.69, 9.17) is 15.2 Å². The van der Waals surface area contributed by atoms with E-state index in [0.29, 0.717) is 19.8 Å². The molecule has 1 atom stereocenters. The summed E-state index contributed by atoms with van der Waals surface area (Å²) >= 11 is 0. The van der Waals surface area contributed by atoms with E-state index in [9.17, 15) is 4.79 Å². The molecule has 140 valence electrons. The van der Waals surface area contributed by atoms with E-state index in [2.05, 4.69) is 5.32 Å². The molecule has 0 bridgehead atoms. The van der Waals surface area contributed by atoms with Gasteiger partial charge in [0.15, 0.2) is 11.5 Å². The summed E-state index contributed by atoms with van der Waals surface area (Å²) in [5.74, 6) is 1.44. The number of rotatable bonds is 10. The van der Waals surface area contributed by atoms with Crippen LogP contribution in [0.4, 0.5) is 0 Å². The molecule has 3 N–H and O–H groups in total. The number of nitrogens with one attached hydrogen (secondary N) is 1. The summed E-state index contributed by atoms with van der Waals surface area (Å²) in [6.45, 7) is 5.62. The highest BCUT2D eigenvalue weighted by Crippen LogP contribution is 2.28. The van der Waals surface area contributed by atoms with E-state index in [-0.39, 0.29) is 18.4 Å². The molecule has 1 amide bonds. The van der Waals surface area contributed by atoms with Crippen LogP contribution < -0.4 is 20.5 Å². The molecule has 0 spiro atoms. The van der Waals surface area contributed by atoms with Gasteiger partial charge in [-0.15, -0.1) is 0 Å². The average Bonchev–Trinajstić information content (AvgIpc) is 2.65. The molecule has 2 aromatic rings. The van der Waals surface area contributed by atoms with Gasteiger partial charge in [-0.3, -0.25) is 4.79 Å². The molecule has 2 aromatic carbocycles. The third-order valence-corrected chi connectivity index (χ3v) is 3.98. The number of hydrogen-bond donors (Lipinski definition) is 2. The maximum absolute atomic E-state index is 12.1. The van der Waals surface area contributed by atoms with Crippen LogP contribution >= 0.6 is 0 Å². The molecule has 0 radical (unpaired) electrons. The molecule has 5 nitrogen and oxygen atoms in total. The molecular formula is C21H28N2O3. The van der Waals surface area contributed by atoms with Crippen molar-refractivity contribution in [3.63, 3.8) is 0 Å². The first-order valence-electron chi connectivity index (χ1n) is 9.09. The first-order chi connectivity index (χ1) is 12.6. The molecule has 1 unspecified atom stereocenters. The van der Waals surface area contributed by atoms with Gasteiger partial charge in [0.05, 0.1) is 13.2 Å².